The first kappa shape index (κ1) is 27.2. The van der Waals surface area contributed by atoms with Gasteiger partial charge in [0, 0.05) is 41.2 Å². The van der Waals surface area contributed by atoms with E-state index in [2.05, 4.69) is 45.0 Å². The first-order chi connectivity index (χ1) is 18.4. The maximum atomic E-state index is 13.5. The second kappa shape index (κ2) is 12.6. The Morgan fingerprint density at radius 3 is 2.32 bits per heavy atom. The van der Waals surface area contributed by atoms with E-state index in [9.17, 15) is 9.59 Å². The molecule has 0 saturated carbocycles. The first-order valence-electron chi connectivity index (χ1n) is 13.6. The zero-order valence-corrected chi connectivity index (χ0v) is 22.5. The number of hydrogen-bond acceptors (Lipinski definition) is 3. The minimum atomic E-state index is -0.815. The minimum Gasteiger partial charge on any atom is -0.486 e. The minimum absolute atomic E-state index is 0.0431. The lowest BCUT2D eigenvalue weighted by Gasteiger charge is -2.20. The van der Waals surface area contributed by atoms with Gasteiger partial charge in [0.15, 0.2) is 5.78 Å². The Morgan fingerprint density at radius 2 is 1.66 bits per heavy atom. The van der Waals surface area contributed by atoms with Gasteiger partial charge in [-0.3, -0.25) is 9.59 Å². The summed E-state index contributed by atoms with van der Waals surface area (Å²) < 4.78 is 8.35. The molecule has 0 bridgehead atoms. The van der Waals surface area contributed by atoms with Crippen molar-refractivity contribution in [1.82, 2.24) is 4.57 Å². The van der Waals surface area contributed by atoms with Gasteiger partial charge in [0.05, 0.1) is 0 Å². The molecule has 5 heteroatoms. The molecule has 0 unspecified atom stereocenters. The van der Waals surface area contributed by atoms with E-state index in [4.69, 9.17) is 9.84 Å². The van der Waals surface area contributed by atoms with Crippen LogP contribution in [-0.4, -0.2) is 21.4 Å². The van der Waals surface area contributed by atoms with Crippen molar-refractivity contribution in [3.8, 4) is 5.75 Å². The lowest BCUT2D eigenvalue weighted by Crippen LogP contribution is -2.08. The van der Waals surface area contributed by atoms with E-state index in [1.54, 1.807) is 0 Å². The fourth-order valence-electron chi connectivity index (χ4n) is 4.91. The second-order valence-electron chi connectivity index (χ2n) is 10.3. The SMILES string of the molecule is CCC[C@H](Oc1ccc(C(=O)c2cn(CCCC(=O)O)c3ccccc23)cc1)c1ccc(CC(C)C)cc1. The molecule has 38 heavy (non-hydrogen) atoms. The number of ether oxygens (including phenoxy) is 1. The van der Waals surface area contributed by atoms with Gasteiger partial charge in [-0.15, -0.1) is 0 Å². The average Bonchev–Trinajstić information content (AvgIpc) is 3.27. The molecule has 3 aromatic carbocycles. The molecule has 0 spiro atoms. The monoisotopic (exact) mass is 511 g/mol. The van der Waals surface area contributed by atoms with Crippen molar-refractivity contribution in [3.63, 3.8) is 0 Å². The van der Waals surface area contributed by atoms with Crippen LogP contribution in [-0.2, 0) is 17.8 Å². The van der Waals surface area contributed by atoms with Gasteiger partial charge in [-0.2, -0.15) is 0 Å². The van der Waals surface area contributed by atoms with Crippen LogP contribution < -0.4 is 4.74 Å². The predicted octanol–water partition coefficient (Wildman–Crippen LogP) is 7.86. The summed E-state index contributed by atoms with van der Waals surface area (Å²) in [4.78, 5) is 24.4. The largest absolute Gasteiger partial charge is 0.486 e. The van der Waals surface area contributed by atoms with Gasteiger partial charge in [0.25, 0.3) is 0 Å². The van der Waals surface area contributed by atoms with Crippen LogP contribution in [0.5, 0.6) is 5.75 Å². The molecule has 0 radical (unpaired) electrons. The molecular formula is C33H37NO4. The molecule has 0 aliphatic heterocycles. The van der Waals surface area contributed by atoms with Gasteiger partial charge in [-0.1, -0.05) is 69.7 Å². The Bertz CT molecular complexity index is 1370. The molecule has 5 nitrogen and oxygen atoms in total. The number of carboxylic acids is 1. The van der Waals surface area contributed by atoms with Crippen LogP contribution in [0, 0.1) is 5.92 Å². The number of fused-ring (bicyclic) bond motifs is 1. The Labute approximate surface area is 225 Å². The number of carboxylic acid groups (broad SMARTS) is 1. The van der Waals surface area contributed by atoms with Gasteiger partial charge < -0.3 is 14.4 Å². The highest BCUT2D eigenvalue weighted by molar-refractivity contribution is 6.16. The maximum Gasteiger partial charge on any atom is 0.303 e. The van der Waals surface area contributed by atoms with Gasteiger partial charge in [0.1, 0.15) is 11.9 Å². The number of hydrogen-bond donors (Lipinski definition) is 1. The summed E-state index contributed by atoms with van der Waals surface area (Å²) in [6.07, 6.45) is 5.39. The standard InChI is InChI=1S/C33H37NO4/c1-4-8-31(25-14-12-24(13-15-25)21-23(2)3)38-27-18-16-26(17-19-27)33(37)29-22-34(20-7-11-32(35)36)30-10-6-5-9-28(29)30/h5-6,9-10,12-19,22-23,31H,4,7-8,11,20-21H2,1-3H3,(H,35,36)/t31-/m0/s1. The Balaban J connectivity index is 1.50. The zero-order chi connectivity index (χ0) is 27.1. The van der Waals surface area contributed by atoms with Crippen LogP contribution in [0.2, 0.25) is 0 Å². The van der Waals surface area contributed by atoms with Crippen LogP contribution in [0.25, 0.3) is 10.9 Å². The predicted molar refractivity (Wildman–Crippen MR) is 152 cm³/mol. The van der Waals surface area contributed by atoms with Crippen molar-refractivity contribution in [2.24, 2.45) is 5.92 Å². The highest BCUT2D eigenvalue weighted by atomic mass is 16.5. The fraction of sp³-hybridized carbons (Fsp3) is 0.333. The van der Waals surface area contributed by atoms with E-state index in [0.717, 1.165) is 41.5 Å². The van der Waals surface area contributed by atoms with Crippen LogP contribution in [0.15, 0.2) is 79.0 Å². The molecule has 1 aromatic heterocycles. The Hall–Kier alpha value is -3.86. The first-order valence-corrected chi connectivity index (χ1v) is 13.6. The van der Waals surface area contributed by atoms with E-state index in [0.29, 0.717) is 30.0 Å². The Morgan fingerprint density at radius 1 is 0.947 bits per heavy atom. The number of aromatic nitrogens is 1. The van der Waals surface area contributed by atoms with Crippen molar-refractivity contribution in [3.05, 3.63) is 101 Å². The fourth-order valence-corrected chi connectivity index (χ4v) is 4.91. The van der Waals surface area contributed by atoms with E-state index < -0.39 is 5.97 Å². The summed E-state index contributed by atoms with van der Waals surface area (Å²) in [5, 5.41) is 9.86. The number of carbonyl (C=O) groups is 2. The molecule has 198 valence electrons. The number of nitrogens with zero attached hydrogens (tertiary/aromatic N) is 1. The van der Waals surface area contributed by atoms with Gasteiger partial charge >= 0.3 is 5.97 Å². The van der Waals surface area contributed by atoms with Crippen LogP contribution in [0.4, 0.5) is 0 Å². The number of rotatable bonds is 13. The Kier molecular flexibility index (Phi) is 9.01. The van der Waals surface area contributed by atoms with Crippen LogP contribution >= 0.6 is 0 Å². The number of aryl methyl sites for hydroxylation is 1. The summed E-state index contributed by atoms with van der Waals surface area (Å²) in [5.41, 5.74) is 4.65. The number of carbonyl (C=O) groups excluding carboxylic acids is 1. The van der Waals surface area contributed by atoms with Crippen molar-refractivity contribution >= 4 is 22.7 Å². The molecule has 1 heterocycles. The zero-order valence-electron chi connectivity index (χ0n) is 22.5. The molecule has 0 amide bonds. The lowest BCUT2D eigenvalue weighted by atomic mass is 9.99. The van der Waals surface area contributed by atoms with E-state index in [1.807, 2.05) is 59.3 Å². The van der Waals surface area contributed by atoms with Crippen molar-refractivity contribution in [1.29, 1.82) is 0 Å². The quantitative estimate of drug-likeness (QED) is 0.186. The number of benzene rings is 3. The van der Waals surface area contributed by atoms with E-state index in [1.165, 1.54) is 5.56 Å². The van der Waals surface area contributed by atoms with Gasteiger partial charge in [-0.25, -0.2) is 0 Å². The summed E-state index contributed by atoms with van der Waals surface area (Å²) in [6, 6.07) is 23.9. The molecule has 0 saturated heterocycles. The molecule has 0 aliphatic rings. The van der Waals surface area contributed by atoms with E-state index >= 15 is 0 Å². The molecule has 1 N–H and O–H groups in total. The third-order valence-electron chi connectivity index (χ3n) is 6.76. The van der Waals surface area contributed by atoms with Gasteiger partial charge in [0.2, 0.25) is 0 Å². The molecule has 4 aromatic rings. The highest BCUT2D eigenvalue weighted by Gasteiger charge is 2.18. The molecule has 0 fully saturated rings. The molecule has 0 aliphatic carbocycles. The molecule has 1 atom stereocenters. The number of para-hydroxylation sites is 1. The summed E-state index contributed by atoms with van der Waals surface area (Å²) in [7, 11) is 0. The third kappa shape index (κ3) is 6.71. The number of ketones is 1. The molecule has 4 rings (SSSR count). The summed E-state index contributed by atoms with van der Waals surface area (Å²) in [6.45, 7) is 7.16. The van der Waals surface area contributed by atoms with Crippen LogP contribution in [0.1, 0.15) is 79.6 Å². The third-order valence-corrected chi connectivity index (χ3v) is 6.76. The van der Waals surface area contributed by atoms with Crippen molar-refractivity contribution in [2.45, 2.75) is 65.5 Å². The summed E-state index contributed by atoms with van der Waals surface area (Å²) >= 11 is 0. The van der Waals surface area contributed by atoms with Gasteiger partial charge in [-0.05, 0) is 66.6 Å². The topological polar surface area (TPSA) is 68.5 Å². The maximum absolute atomic E-state index is 13.5. The highest BCUT2D eigenvalue weighted by Crippen LogP contribution is 2.29. The number of aliphatic carboxylic acids is 1. The molecular weight excluding hydrogens is 474 g/mol. The van der Waals surface area contributed by atoms with Crippen molar-refractivity contribution in [2.75, 3.05) is 0 Å². The average molecular weight is 512 g/mol. The second-order valence-corrected chi connectivity index (χ2v) is 10.3. The summed E-state index contributed by atoms with van der Waals surface area (Å²) in [5.74, 6) is 0.487. The van der Waals surface area contributed by atoms with Crippen LogP contribution in [0.3, 0.4) is 0 Å². The normalized spacial score (nSPS) is 12.1. The van der Waals surface area contributed by atoms with Crippen molar-refractivity contribution < 1.29 is 19.4 Å². The smallest absolute Gasteiger partial charge is 0.303 e. The van der Waals surface area contributed by atoms with E-state index in [-0.39, 0.29) is 18.3 Å². The lowest BCUT2D eigenvalue weighted by molar-refractivity contribution is -0.137.